The maximum absolute atomic E-state index is 11.2. The van der Waals surface area contributed by atoms with Gasteiger partial charge in [0.05, 0.1) is 0 Å². The Bertz CT molecular complexity index is 348. The number of fused-ring (bicyclic) bond motifs is 1. The lowest BCUT2D eigenvalue weighted by atomic mass is 9.76. The topological polar surface area (TPSA) is 29.1 Å². The summed E-state index contributed by atoms with van der Waals surface area (Å²) < 4.78 is 0. The van der Waals surface area contributed by atoms with E-state index in [-0.39, 0.29) is 5.92 Å². The maximum Gasteiger partial charge on any atom is 0.127 e. The molecule has 0 aromatic heterocycles. The van der Waals surface area contributed by atoms with E-state index in [1.165, 1.54) is 11.1 Å². The molecule has 0 heterocycles. The van der Waals surface area contributed by atoms with Gasteiger partial charge in [0.2, 0.25) is 0 Å². The number of rotatable bonds is 3. The number of aryl methyl sites for hydroxylation is 1. The van der Waals surface area contributed by atoms with Crippen molar-refractivity contribution in [3.63, 3.8) is 0 Å². The number of benzene rings is 1. The summed E-state index contributed by atoms with van der Waals surface area (Å²) in [7, 11) is 1.95. The lowest BCUT2D eigenvalue weighted by molar-refractivity contribution is -0.110. The Hall–Kier alpha value is -1.15. The molecule has 1 N–H and O–H groups in total. The van der Waals surface area contributed by atoms with Crippen molar-refractivity contribution in [2.45, 2.75) is 18.8 Å². The van der Waals surface area contributed by atoms with Crippen molar-refractivity contribution in [2.24, 2.45) is 5.92 Å². The minimum atomic E-state index is 0.0856. The third-order valence-corrected chi connectivity index (χ3v) is 3.32. The van der Waals surface area contributed by atoms with Crippen LogP contribution in [0.25, 0.3) is 0 Å². The highest BCUT2D eigenvalue weighted by Crippen LogP contribution is 2.34. The molecule has 0 spiro atoms. The van der Waals surface area contributed by atoms with Crippen LogP contribution in [0.15, 0.2) is 24.3 Å². The molecule has 0 fully saturated rings. The van der Waals surface area contributed by atoms with E-state index in [4.69, 9.17) is 0 Å². The zero-order chi connectivity index (χ0) is 10.7. The van der Waals surface area contributed by atoms with Crippen molar-refractivity contribution < 1.29 is 4.79 Å². The van der Waals surface area contributed by atoms with Crippen molar-refractivity contribution >= 4 is 6.29 Å². The van der Waals surface area contributed by atoms with E-state index in [1.807, 2.05) is 13.1 Å². The molecule has 1 aliphatic carbocycles. The second-order valence-corrected chi connectivity index (χ2v) is 4.22. The minimum absolute atomic E-state index is 0.0856. The summed E-state index contributed by atoms with van der Waals surface area (Å²) in [6, 6.07) is 8.31. The second-order valence-electron chi connectivity index (χ2n) is 4.22. The lowest BCUT2D eigenvalue weighted by Gasteiger charge is -2.30. The summed E-state index contributed by atoms with van der Waals surface area (Å²) in [5.74, 6) is 0.546. The average molecular weight is 203 g/mol. The molecule has 80 valence electrons. The molecule has 0 radical (unpaired) electrons. The number of aldehydes is 1. The smallest absolute Gasteiger partial charge is 0.127 e. The quantitative estimate of drug-likeness (QED) is 0.758. The molecule has 1 aromatic carbocycles. The van der Waals surface area contributed by atoms with Crippen LogP contribution < -0.4 is 5.32 Å². The number of nitrogens with one attached hydrogen (secondary N) is 1. The largest absolute Gasteiger partial charge is 0.319 e. The van der Waals surface area contributed by atoms with Crippen molar-refractivity contribution in [3.05, 3.63) is 35.4 Å². The molecule has 15 heavy (non-hydrogen) atoms. The Morgan fingerprint density at radius 1 is 1.47 bits per heavy atom. The van der Waals surface area contributed by atoms with E-state index in [2.05, 4.69) is 23.5 Å². The standard InChI is InChI=1S/C13H17NO/c1-14-8-11-7-6-10-4-2-3-5-12(10)13(11)9-15/h2-5,9,11,13-14H,6-8H2,1H3. The summed E-state index contributed by atoms with van der Waals surface area (Å²) in [6.07, 6.45) is 3.33. The second kappa shape index (κ2) is 4.58. The van der Waals surface area contributed by atoms with Gasteiger partial charge >= 0.3 is 0 Å². The van der Waals surface area contributed by atoms with E-state index in [0.717, 1.165) is 25.7 Å². The SMILES string of the molecule is CNCC1CCc2ccccc2C1C=O. The highest BCUT2D eigenvalue weighted by molar-refractivity contribution is 5.64. The molecule has 2 unspecified atom stereocenters. The fourth-order valence-corrected chi connectivity index (χ4v) is 2.54. The van der Waals surface area contributed by atoms with Crippen molar-refractivity contribution in [1.82, 2.24) is 5.32 Å². The molecule has 1 aromatic rings. The summed E-state index contributed by atoms with van der Waals surface area (Å²) in [5.41, 5.74) is 2.58. The average Bonchev–Trinajstić information content (AvgIpc) is 2.29. The van der Waals surface area contributed by atoms with Crippen LogP contribution in [0.4, 0.5) is 0 Å². The Kier molecular flexibility index (Phi) is 3.17. The number of hydrogen-bond acceptors (Lipinski definition) is 2. The van der Waals surface area contributed by atoms with Crippen LogP contribution in [0.2, 0.25) is 0 Å². The van der Waals surface area contributed by atoms with E-state index >= 15 is 0 Å². The minimum Gasteiger partial charge on any atom is -0.319 e. The summed E-state index contributed by atoms with van der Waals surface area (Å²) in [6.45, 7) is 0.928. The predicted octanol–water partition coefficient (Wildman–Crippen LogP) is 1.75. The molecule has 0 saturated carbocycles. The molecular weight excluding hydrogens is 186 g/mol. The van der Waals surface area contributed by atoms with Gasteiger partial charge in [-0.15, -0.1) is 0 Å². The Morgan fingerprint density at radius 3 is 3.00 bits per heavy atom. The van der Waals surface area contributed by atoms with Gasteiger partial charge in [0.1, 0.15) is 6.29 Å². The molecule has 1 aliphatic rings. The molecule has 0 bridgehead atoms. The number of hydrogen-bond donors (Lipinski definition) is 1. The van der Waals surface area contributed by atoms with Gasteiger partial charge in [-0.1, -0.05) is 24.3 Å². The first kappa shape index (κ1) is 10.4. The summed E-state index contributed by atoms with van der Waals surface area (Å²) >= 11 is 0. The van der Waals surface area contributed by atoms with Crippen LogP contribution in [0, 0.1) is 5.92 Å². The highest BCUT2D eigenvalue weighted by atomic mass is 16.1. The third-order valence-electron chi connectivity index (χ3n) is 3.32. The normalized spacial score (nSPS) is 24.6. The van der Waals surface area contributed by atoms with Gasteiger partial charge in [0, 0.05) is 5.92 Å². The lowest BCUT2D eigenvalue weighted by Crippen LogP contribution is -2.29. The molecule has 0 aliphatic heterocycles. The molecule has 2 atom stereocenters. The number of carbonyl (C=O) groups is 1. The molecule has 0 amide bonds. The fraction of sp³-hybridized carbons (Fsp3) is 0.462. The van der Waals surface area contributed by atoms with E-state index in [1.54, 1.807) is 0 Å². The van der Waals surface area contributed by atoms with Crippen molar-refractivity contribution in [3.8, 4) is 0 Å². The van der Waals surface area contributed by atoms with Gasteiger partial charge in [0.15, 0.2) is 0 Å². The fourth-order valence-electron chi connectivity index (χ4n) is 2.54. The third kappa shape index (κ3) is 1.95. The van der Waals surface area contributed by atoms with Gasteiger partial charge in [-0.3, -0.25) is 0 Å². The Balaban J connectivity index is 2.30. The maximum atomic E-state index is 11.2. The van der Waals surface area contributed by atoms with Gasteiger partial charge in [-0.25, -0.2) is 0 Å². The molecule has 2 heteroatoms. The Morgan fingerprint density at radius 2 is 2.27 bits per heavy atom. The Labute approximate surface area is 90.7 Å². The predicted molar refractivity (Wildman–Crippen MR) is 61.0 cm³/mol. The summed E-state index contributed by atoms with van der Waals surface area (Å²) in [5, 5.41) is 3.17. The zero-order valence-corrected chi connectivity index (χ0v) is 9.07. The van der Waals surface area contributed by atoms with Crippen LogP contribution in [0.1, 0.15) is 23.5 Å². The van der Waals surface area contributed by atoms with Crippen LogP contribution >= 0.6 is 0 Å². The van der Waals surface area contributed by atoms with Crippen LogP contribution in [-0.2, 0) is 11.2 Å². The van der Waals surface area contributed by atoms with Gasteiger partial charge in [0.25, 0.3) is 0 Å². The summed E-state index contributed by atoms with van der Waals surface area (Å²) in [4.78, 5) is 11.2. The molecule has 2 rings (SSSR count). The monoisotopic (exact) mass is 203 g/mol. The van der Waals surface area contributed by atoms with E-state index in [0.29, 0.717) is 5.92 Å². The highest BCUT2D eigenvalue weighted by Gasteiger charge is 2.28. The van der Waals surface area contributed by atoms with Crippen LogP contribution in [-0.4, -0.2) is 19.9 Å². The molecular formula is C13H17NO. The van der Waals surface area contributed by atoms with Gasteiger partial charge in [-0.05, 0) is 43.5 Å². The first-order valence-electron chi connectivity index (χ1n) is 5.54. The molecule has 0 saturated heterocycles. The van der Waals surface area contributed by atoms with E-state index < -0.39 is 0 Å². The van der Waals surface area contributed by atoms with Crippen LogP contribution in [0.5, 0.6) is 0 Å². The van der Waals surface area contributed by atoms with Crippen LogP contribution in [0.3, 0.4) is 0 Å². The van der Waals surface area contributed by atoms with Crippen molar-refractivity contribution in [2.75, 3.05) is 13.6 Å². The molecule has 2 nitrogen and oxygen atoms in total. The van der Waals surface area contributed by atoms with Crippen molar-refractivity contribution in [1.29, 1.82) is 0 Å². The first-order chi connectivity index (χ1) is 7.36. The van der Waals surface area contributed by atoms with Gasteiger partial charge in [-0.2, -0.15) is 0 Å². The number of carbonyl (C=O) groups excluding carboxylic acids is 1. The zero-order valence-electron chi connectivity index (χ0n) is 9.07. The van der Waals surface area contributed by atoms with Gasteiger partial charge < -0.3 is 10.1 Å². The van der Waals surface area contributed by atoms with E-state index in [9.17, 15) is 4.79 Å². The first-order valence-corrected chi connectivity index (χ1v) is 5.54.